The monoisotopic (exact) mass is 338 g/mol. The molecule has 126 valence electrons. The highest BCUT2D eigenvalue weighted by atomic mass is 16.6. The number of anilines is 1. The quantitative estimate of drug-likeness (QED) is 0.521. The number of nitrogens with zero attached hydrogens (tertiary/aromatic N) is 4. The lowest BCUT2D eigenvalue weighted by Crippen LogP contribution is -2.16. The number of nitrogens with two attached hydrogens (primary N) is 1. The lowest BCUT2D eigenvalue weighted by atomic mass is 10.1. The molecule has 0 saturated heterocycles. The van der Waals surface area contributed by atoms with Gasteiger partial charge in [-0.2, -0.15) is 0 Å². The molecule has 3 aromatic rings. The summed E-state index contributed by atoms with van der Waals surface area (Å²) in [5.41, 5.74) is 6.82. The van der Waals surface area contributed by atoms with E-state index in [4.69, 9.17) is 5.73 Å². The number of carbonyl (C=O) groups is 1. The fourth-order valence-corrected chi connectivity index (χ4v) is 2.38. The molecule has 2 aromatic heterocycles. The summed E-state index contributed by atoms with van der Waals surface area (Å²) in [6.07, 6.45) is 6.25. The van der Waals surface area contributed by atoms with Crippen molar-refractivity contribution >= 4 is 17.4 Å². The lowest BCUT2D eigenvalue weighted by Gasteiger charge is -2.13. The van der Waals surface area contributed by atoms with E-state index in [0.717, 1.165) is 23.5 Å². The van der Waals surface area contributed by atoms with Gasteiger partial charge >= 0.3 is 0 Å². The van der Waals surface area contributed by atoms with Crippen LogP contribution in [0, 0.1) is 10.1 Å². The Hall–Kier alpha value is -3.75. The number of nitro groups is 1. The summed E-state index contributed by atoms with van der Waals surface area (Å²) >= 11 is 0. The van der Waals surface area contributed by atoms with Crippen LogP contribution in [0.3, 0.4) is 0 Å². The molecule has 0 aliphatic carbocycles. The van der Waals surface area contributed by atoms with Crippen molar-refractivity contribution in [2.24, 2.45) is 5.73 Å². The number of para-hydroxylation sites is 1. The standard InChI is InChI=1S/C16H14N6O3/c17-15(23)13-7-12(22(24)25)9-20-16(13)19-8-11-3-1-2-4-14(11)21-6-5-18-10-21/h1-7,9-10H,8H2,(H2,17,23)(H,19,20). The zero-order valence-corrected chi connectivity index (χ0v) is 13.0. The minimum absolute atomic E-state index is 0.0330. The van der Waals surface area contributed by atoms with Crippen LogP contribution in [-0.2, 0) is 6.54 Å². The highest BCUT2D eigenvalue weighted by molar-refractivity contribution is 5.98. The van der Waals surface area contributed by atoms with Crippen LogP contribution in [0.4, 0.5) is 11.5 Å². The van der Waals surface area contributed by atoms with Gasteiger partial charge in [0.25, 0.3) is 11.6 Å². The first-order valence-electron chi connectivity index (χ1n) is 7.30. The maximum absolute atomic E-state index is 11.6. The van der Waals surface area contributed by atoms with Crippen LogP contribution >= 0.6 is 0 Å². The van der Waals surface area contributed by atoms with Gasteiger partial charge in [-0.1, -0.05) is 18.2 Å². The van der Waals surface area contributed by atoms with Gasteiger partial charge < -0.3 is 15.6 Å². The first kappa shape index (κ1) is 16.1. The number of hydrogen-bond acceptors (Lipinski definition) is 6. The number of aromatic nitrogens is 3. The molecule has 0 aliphatic heterocycles. The highest BCUT2D eigenvalue weighted by Crippen LogP contribution is 2.21. The van der Waals surface area contributed by atoms with Crippen LogP contribution in [0.2, 0.25) is 0 Å². The van der Waals surface area contributed by atoms with Crippen molar-refractivity contribution < 1.29 is 9.72 Å². The number of pyridine rings is 1. The summed E-state index contributed by atoms with van der Waals surface area (Å²) in [6, 6.07) is 8.74. The van der Waals surface area contributed by atoms with E-state index in [-0.39, 0.29) is 17.1 Å². The van der Waals surface area contributed by atoms with Gasteiger partial charge in [0, 0.05) is 25.0 Å². The Labute approximate surface area is 142 Å². The van der Waals surface area contributed by atoms with E-state index in [1.165, 1.54) is 0 Å². The van der Waals surface area contributed by atoms with Gasteiger partial charge in [-0.25, -0.2) is 9.97 Å². The summed E-state index contributed by atoms with van der Waals surface area (Å²) in [5.74, 6) is -0.597. The molecule has 2 heterocycles. The third-order valence-corrected chi connectivity index (χ3v) is 3.57. The molecule has 0 aliphatic rings. The van der Waals surface area contributed by atoms with E-state index < -0.39 is 10.8 Å². The average molecular weight is 338 g/mol. The van der Waals surface area contributed by atoms with Crippen molar-refractivity contribution in [2.75, 3.05) is 5.32 Å². The van der Waals surface area contributed by atoms with Gasteiger partial charge in [0.1, 0.15) is 12.0 Å². The average Bonchev–Trinajstić information content (AvgIpc) is 3.14. The zero-order chi connectivity index (χ0) is 17.8. The first-order chi connectivity index (χ1) is 12.1. The number of hydrogen-bond donors (Lipinski definition) is 2. The maximum atomic E-state index is 11.6. The molecule has 0 atom stereocenters. The van der Waals surface area contributed by atoms with Gasteiger partial charge in [-0.3, -0.25) is 14.9 Å². The predicted molar refractivity (Wildman–Crippen MR) is 90.3 cm³/mol. The lowest BCUT2D eigenvalue weighted by molar-refractivity contribution is -0.385. The minimum Gasteiger partial charge on any atom is -0.365 e. The van der Waals surface area contributed by atoms with Crippen LogP contribution < -0.4 is 11.1 Å². The van der Waals surface area contributed by atoms with Crippen molar-refractivity contribution in [1.82, 2.24) is 14.5 Å². The predicted octanol–water partition coefficient (Wildman–Crippen LogP) is 1.89. The molecular weight excluding hydrogens is 324 g/mol. The molecule has 0 bridgehead atoms. The Morgan fingerprint density at radius 3 is 2.84 bits per heavy atom. The summed E-state index contributed by atoms with van der Waals surface area (Å²) in [4.78, 5) is 29.8. The van der Waals surface area contributed by atoms with E-state index in [1.807, 2.05) is 35.0 Å². The molecule has 9 heteroatoms. The summed E-state index contributed by atoms with van der Waals surface area (Å²) in [5, 5.41) is 13.8. The molecule has 3 N–H and O–H groups in total. The largest absolute Gasteiger partial charge is 0.365 e. The molecule has 25 heavy (non-hydrogen) atoms. The number of amides is 1. The normalized spacial score (nSPS) is 10.4. The summed E-state index contributed by atoms with van der Waals surface area (Å²) in [6.45, 7) is 0.347. The second-order valence-corrected chi connectivity index (χ2v) is 5.16. The Kier molecular flexibility index (Phi) is 4.38. The molecule has 0 saturated carbocycles. The fourth-order valence-electron chi connectivity index (χ4n) is 2.38. The third-order valence-electron chi connectivity index (χ3n) is 3.57. The van der Waals surface area contributed by atoms with Crippen molar-refractivity contribution in [2.45, 2.75) is 6.54 Å². The van der Waals surface area contributed by atoms with Gasteiger partial charge in [0.2, 0.25) is 0 Å². The van der Waals surface area contributed by atoms with E-state index in [0.29, 0.717) is 6.54 Å². The molecule has 0 spiro atoms. The molecule has 1 amide bonds. The second kappa shape index (κ2) is 6.79. The summed E-state index contributed by atoms with van der Waals surface area (Å²) in [7, 11) is 0. The van der Waals surface area contributed by atoms with Crippen molar-refractivity contribution in [3.63, 3.8) is 0 Å². The topological polar surface area (TPSA) is 129 Å². The SMILES string of the molecule is NC(=O)c1cc([N+](=O)[O-])cnc1NCc1ccccc1-n1ccnc1. The third kappa shape index (κ3) is 3.44. The maximum Gasteiger partial charge on any atom is 0.288 e. The molecule has 0 radical (unpaired) electrons. The number of imidazole rings is 1. The molecule has 0 fully saturated rings. The number of primary amides is 1. The van der Waals surface area contributed by atoms with Crippen molar-refractivity contribution in [3.8, 4) is 5.69 Å². The Balaban J connectivity index is 1.88. The van der Waals surface area contributed by atoms with Crippen LogP contribution in [0.15, 0.2) is 55.2 Å². The Bertz CT molecular complexity index is 923. The molecule has 0 unspecified atom stereocenters. The molecule has 1 aromatic carbocycles. The van der Waals surface area contributed by atoms with Gasteiger partial charge in [-0.15, -0.1) is 0 Å². The molecular formula is C16H14N6O3. The number of rotatable bonds is 6. The van der Waals surface area contributed by atoms with Crippen molar-refractivity contribution in [3.05, 3.63) is 76.5 Å². The second-order valence-electron chi connectivity index (χ2n) is 5.16. The van der Waals surface area contributed by atoms with E-state index in [2.05, 4.69) is 15.3 Å². The molecule has 9 nitrogen and oxygen atoms in total. The van der Waals surface area contributed by atoms with Crippen molar-refractivity contribution in [1.29, 1.82) is 0 Å². The van der Waals surface area contributed by atoms with Crippen LogP contribution in [0.25, 0.3) is 5.69 Å². The van der Waals surface area contributed by atoms with Gasteiger partial charge in [0.15, 0.2) is 0 Å². The molecule has 3 rings (SSSR count). The highest BCUT2D eigenvalue weighted by Gasteiger charge is 2.16. The smallest absolute Gasteiger partial charge is 0.288 e. The van der Waals surface area contributed by atoms with Gasteiger partial charge in [-0.05, 0) is 11.6 Å². The number of benzene rings is 1. The minimum atomic E-state index is -0.790. The van der Waals surface area contributed by atoms with E-state index >= 15 is 0 Å². The van der Waals surface area contributed by atoms with E-state index in [1.54, 1.807) is 12.5 Å². The first-order valence-corrected chi connectivity index (χ1v) is 7.30. The zero-order valence-electron chi connectivity index (χ0n) is 13.0. The Morgan fingerprint density at radius 2 is 2.16 bits per heavy atom. The van der Waals surface area contributed by atoms with Crippen LogP contribution in [-0.4, -0.2) is 25.4 Å². The number of carbonyl (C=O) groups excluding carboxylic acids is 1. The van der Waals surface area contributed by atoms with E-state index in [9.17, 15) is 14.9 Å². The van der Waals surface area contributed by atoms with Crippen LogP contribution in [0.5, 0.6) is 0 Å². The number of nitrogens with one attached hydrogen (secondary N) is 1. The summed E-state index contributed by atoms with van der Waals surface area (Å²) < 4.78 is 1.86. The fraction of sp³-hybridized carbons (Fsp3) is 0.0625. The van der Waals surface area contributed by atoms with Gasteiger partial charge in [0.05, 0.1) is 22.5 Å². The van der Waals surface area contributed by atoms with Crippen LogP contribution in [0.1, 0.15) is 15.9 Å². The Morgan fingerprint density at radius 1 is 1.36 bits per heavy atom.